The lowest BCUT2D eigenvalue weighted by atomic mass is 10.0. The van der Waals surface area contributed by atoms with E-state index in [0.29, 0.717) is 24.0 Å². The fraction of sp³-hybridized carbons (Fsp3) is 0.520. The number of aliphatic imine (C=N–C) groups is 1. The average molecular weight is 1090 g/mol. The first-order valence-corrected chi connectivity index (χ1v) is 25.5. The third-order valence-corrected chi connectivity index (χ3v) is 12.6. The summed E-state index contributed by atoms with van der Waals surface area (Å²) in [6.45, 7) is 0.256. The van der Waals surface area contributed by atoms with Crippen LogP contribution in [0, 0.1) is 0 Å². The number of nitrogens with zero attached hydrogens (tertiary/aromatic N) is 2. The number of phenolic OH excluding ortho intramolecular Hbond substituents is 1. The number of likely N-dealkylation sites (N-methyl/N-ethyl adjacent to an activating group) is 1. The molecule has 1 heterocycles. The third kappa shape index (κ3) is 22.4. The standard InChI is InChI=1S/C50H75N15O13/c1-57-35(25-29-14-16-30(66)17-15-29)45(74)63-36(26-28-9-3-2-4-10-28)46(75)60-33(18-20-39(52)67)44(73)64-37(27-40(53)68)47(76)62-34(11-5-6-22-51)49(78)65-24-8-13-38(65)48(77)61-32(12-7-23-58-50(55)56)43(72)59-31(42(54)71)19-21-41(69)70/h2-4,9-10,14-17,31-38,57,66H,5-8,11-13,18-27,51H2,1H3,(H2,52,67)(H2,53,68)(H2,54,71)(H,59,72)(H,60,75)(H,61,77)(H,62,76)(H,63,74)(H,64,73)(H,69,70)(H4,55,56,58)/t31-,32-,33?,34?,35?,36-,37-,38-/m0/s1. The smallest absolute Gasteiger partial charge is 0.303 e. The summed E-state index contributed by atoms with van der Waals surface area (Å²) in [5.74, 6) is -10.4. The number of carboxylic acids is 1. The summed E-state index contributed by atoms with van der Waals surface area (Å²) >= 11 is 0. The van der Waals surface area contributed by atoms with Crippen molar-refractivity contribution in [1.82, 2.24) is 42.1 Å². The largest absolute Gasteiger partial charge is 0.508 e. The topological polar surface area (TPSA) is 484 Å². The molecule has 28 heteroatoms. The monoisotopic (exact) mass is 1090 g/mol. The van der Waals surface area contributed by atoms with Gasteiger partial charge in [-0.05, 0) is 101 Å². The van der Waals surface area contributed by atoms with Gasteiger partial charge in [-0.25, -0.2) is 0 Å². The van der Waals surface area contributed by atoms with Crippen molar-refractivity contribution >= 4 is 71.0 Å². The lowest BCUT2D eigenvalue weighted by Gasteiger charge is -2.31. The Hall–Kier alpha value is -8.40. The van der Waals surface area contributed by atoms with Gasteiger partial charge >= 0.3 is 5.97 Å². The number of unbranched alkanes of at least 4 members (excludes halogenated alkanes) is 1. The molecule has 78 heavy (non-hydrogen) atoms. The molecule has 2 aromatic rings. The zero-order valence-corrected chi connectivity index (χ0v) is 43.6. The Kier molecular flexibility index (Phi) is 27.0. The molecule has 1 aliphatic heterocycles. The number of rotatable bonds is 35. The SMILES string of the molecule is CNC(Cc1ccc(O)cc1)C(=O)N[C@@H](Cc1ccccc1)C(=O)NC(CCC(N)=O)C(=O)N[C@@H](CC(N)=O)C(=O)NC(CCCCN)C(=O)N1CCC[C@H]1C(=O)N[C@@H](CCCN=C(N)N)C(=O)N[C@@H](CCC(=O)O)C(N)=O. The van der Waals surface area contributed by atoms with E-state index >= 15 is 0 Å². The molecule has 8 atom stereocenters. The number of phenols is 1. The van der Waals surface area contributed by atoms with E-state index in [2.05, 4.69) is 42.2 Å². The number of benzene rings is 2. The molecule has 21 N–H and O–H groups in total. The zero-order chi connectivity index (χ0) is 57.9. The van der Waals surface area contributed by atoms with Crippen molar-refractivity contribution in [2.24, 2.45) is 39.4 Å². The molecule has 0 radical (unpaired) electrons. The van der Waals surface area contributed by atoms with Crippen LogP contribution >= 0.6 is 0 Å². The summed E-state index contributed by atoms with van der Waals surface area (Å²) in [5.41, 5.74) is 34.3. The van der Waals surface area contributed by atoms with Gasteiger partial charge in [0.05, 0.1) is 12.5 Å². The Morgan fingerprint density at radius 2 is 1.13 bits per heavy atom. The lowest BCUT2D eigenvalue weighted by molar-refractivity contribution is -0.143. The van der Waals surface area contributed by atoms with E-state index in [9.17, 15) is 57.8 Å². The molecule has 0 bridgehead atoms. The van der Waals surface area contributed by atoms with Gasteiger partial charge in [-0.3, -0.25) is 57.7 Å². The number of carbonyl (C=O) groups is 11. The molecule has 1 aliphatic rings. The predicted molar refractivity (Wildman–Crippen MR) is 282 cm³/mol. The highest BCUT2D eigenvalue weighted by molar-refractivity contribution is 5.99. The molecule has 0 spiro atoms. The van der Waals surface area contributed by atoms with Crippen LogP contribution in [-0.2, 0) is 65.6 Å². The molecule has 3 rings (SSSR count). The van der Waals surface area contributed by atoms with Gasteiger partial charge in [-0.1, -0.05) is 42.5 Å². The number of nitrogens with two attached hydrogens (primary N) is 6. The number of nitrogens with one attached hydrogen (secondary N) is 7. The molecule has 3 unspecified atom stereocenters. The minimum Gasteiger partial charge on any atom is -0.508 e. The Morgan fingerprint density at radius 1 is 0.603 bits per heavy atom. The molecule has 2 aromatic carbocycles. The first-order valence-electron chi connectivity index (χ1n) is 25.5. The summed E-state index contributed by atoms with van der Waals surface area (Å²) in [5, 5.41) is 37.0. The van der Waals surface area contributed by atoms with Gasteiger partial charge in [-0.15, -0.1) is 0 Å². The second-order valence-electron chi connectivity index (χ2n) is 18.7. The number of primary amides is 3. The molecule has 0 aliphatic carbocycles. The molecule has 10 amide bonds. The van der Waals surface area contributed by atoms with Gasteiger partial charge in [0, 0.05) is 32.4 Å². The summed E-state index contributed by atoms with van der Waals surface area (Å²) in [7, 11) is 1.55. The van der Waals surface area contributed by atoms with Gasteiger partial charge in [0.25, 0.3) is 0 Å². The van der Waals surface area contributed by atoms with Gasteiger partial charge in [-0.2, -0.15) is 0 Å². The summed E-state index contributed by atoms with van der Waals surface area (Å²) in [6, 6.07) is 3.88. The van der Waals surface area contributed by atoms with E-state index in [1.807, 2.05) is 0 Å². The average Bonchev–Trinajstić information content (AvgIpc) is 3.90. The maximum atomic E-state index is 14.5. The molecule has 28 nitrogen and oxygen atoms in total. The summed E-state index contributed by atoms with van der Waals surface area (Å²) in [4.78, 5) is 151. The molecular formula is C50H75N15O13. The molecule has 428 valence electrons. The Bertz CT molecular complexity index is 2430. The van der Waals surface area contributed by atoms with E-state index in [1.165, 1.54) is 17.0 Å². The van der Waals surface area contributed by atoms with Crippen molar-refractivity contribution in [2.45, 2.75) is 138 Å². The molecule has 0 aromatic heterocycles. The maximum absolute atomic E-state index is 14.5. The summed E-state index contributed by atoms with van der Waals surface area (Å²) < 4.78 is 0. The summed E-state index contributed by atoms with van der Waals surface area (Å²) in [6.07, 6.45) is -1.32. The fourth-order valence-electron chi connectivity index (χ4n) is 8.43. The number of hydrogen-bond donors (Lipinski definition) is 15. The predicted octanol–water partition coefficient (Wildman–Crippen LogP) is -4.66. The van der Waals surface area contributed by atoms with Crippen LogP contribution in [0.25, 0.3) is 0 Å². The second kappa shape index (κ2) is 32.9. The molecule has 1 saturated heterocycles. The highest BCUT2D eigenvalue weighted by Crippen LogP contribution is 2.21. The Balaban J connectivity index is 1.89. The van der Waals surface area contributed by atoms with Crippen LogP contribution in [0.5, 0.6) is 5.75 Å². The number of amides is 10. The van der Waals surface area contributed by atoms with Gasteiger partial charge in [0.2, 0.25) is 59.1 Å². The van der Waals surface area contributed by atoms with Crippen molar-refractivity contribution in [3.8, 4) is 5.75 Å². The van der Waals surface area contributed by atoms with Crippen molar-refractivity contribution in [3.05, 3.63) is 65.7 Å². The number of likely N-dealkylation sites (tertiary alicyclic amines) is 1. The van der Waals surface area contributed by atoms with Crippen molar-refractivity contribution < 1.29 is 63.0 Å². The highest BCUT2D eigenvalue weighted by atomic mass is 16.4. The normalized spacial score (nSPS) is 15.6. The van der Waals surface area contributed by atoms with Crippen molar-refractivity contribution in [2.75, 3.05) is 26.7 Å². The van der Waals surface area contributed by atoms with E-state index < -0.39 is 139 Å². The van der Waals surface area contributed by atoms with Crippen LogP contribution in [-0.4, -0.2) is 161 Å². The van der Waals surface area contributed by atoms with Crippen LogP contribution < -0.4 is 71.6 Å². The van der Waals surface area contributed by atoms with Gasteiger partial charge < -0.3 is 86.7 Å². The van der Waals surface area contributed by atoms with E-state index in [4.69, 9.17) is 39.5 Å². The lowest BCUT2D eigenvalue weighted by Crippen LogP contribution is -2.60. The minimum absolute atomic E-state index is 0.0168. The number of hydrogen-bond acceptors (Lipinski definition) is 15. The molecular weight excluding hydrogens is 1020 g/mol. The fourth-order valence-corrected chi connectivity index (χ4v) is 8.43. The van der Waals surface area contributed by atoms with E-state index in [0.717, 1.165) is 0 Å². The van der Waals surface area contributed by atoms with E-state index in [1.54, 1.807) is 49.5 Å². The number of aromatic hydroxyl groups is 1. The zero-order valence-electron chi connectivity index (χ0n) is 43.6. The van der Waals surface area contributed by atoms with E-state index in [-0.39, 0.29) is 82.7 Å². The first-order chi connectivity index (χ1) is 37.0. The van der Waals surface area contributed by atoms with Crippen LogP contribution in [0.4, 0.5) is 0 Å². The van der Waals surface area contributed by atoms with Gasteiger partial charge in [0.15, 0.2) is 5.96 Å². The Morgan fingerprint density at radius 3 is 1.72 bits per heavy atom. The highest BCUT2D eigenvalue weighted by Gasteiger charge is 2.40. The third-order valence-electron chi connectivity index (χ3n) is 12.6. The van der Waals surface area contributed by atoms with Gasteiger partial charge in [0.1, 0.15) is 48.0 Å². The number of aliphatic carboxylic acids is 1. The van der Waals surface area contributed by atoms with Crippen molar-refractivity contribution in [3.63, 3.8) is 0 Å². The quantitative estimate of drug-likeness (QED) is 0.0175. The second-order valence-corrected chi connectivity index (χ2v) is 18.7. The first kappa shape index (κ1) is 63.9. The number of guanidine groups is 1. The van der Waals surface area contributed by atoms with Crippen LogP contribution in [0.1, 0.15) is 88.2 Å². The molecule has 1 fully saturated rings. The van der Waals surface area contributed by atoms with Crippen LogP contribution in [0.2, 0.25) is 0 Å². The number of carbonyl (C=O) groups excluding carboxylic acids is 10. The van der Waals surface area contributed by atoms with Crippen LogP contribution in [0.15, 0.2) is 59.6 Å². The van der Waals surface area contributed by atoms with Crippen molar-refractivity contribution in [1.29, 1.82) is 0 Å². The van der Waals surface area contributed by atoms with Crippen LogP contribution in [0.3, 0.4) is 0 Å². The Labute approximate surface area is 450 Å². The maximum Gasteiger partial charge on any atom is 0.303 e. The number of carboxylic acid groups (broad SMARTS) is 1. The minimum atomic E-state index is -1.78. The molecule has 0 saturated carbocycles.